The van der Waals surface area contributed by atoms with Crippen molar-refractivity contribution in [3.05, 3.63) is 65.5 Å². The second kappa shape index (κ2) is 14.2. The molecule has 0 saturated carbocycles. The van der Waals surface area contributed by atoms with Gasteiger partial charge in [-0.15, -0.1) is 0 Å². The van der Waals surface area contributed by atoms with Gasteiger partial charge in [-0.05, 0) is 56.5 Å². The normalized spacial score (nSPS) is 20.2. The van der Waals surface area contributed by atoms with Crippen LogP contribution in [0.1, 0.15) is 42.7 Å². The zero-order valence-corrected chi connectivity index (χ0v) is 24.7. The molecular weight excluding hydrogens is 550 g/mol. The molecule has 0 unspecified atom stereocenters. The number of rotatable bonds is 4. The fraction of sp³-hybridized carbons (Fsp3) is 0.438. The molecule has 43 heavy (non-hydrogen) atoms. The second-order valence-electron chi connectivity index (χ2n) is 10.9. The van der Waals surface area contributed by atoms with Crippen LogP contribution in [0.3, 0.4) is 0 Å². The van der Waals surface area contributed by atoms with Gasteiger partial charge in [-0.25, -0.2) is 4.98 Å². The van der Waals surface area contributed by atoms with Crippen LogP contribution >= 0.6 is 0 Å². The van der Waals surface area contributed by atoms with E-state index >= 15 is 0 Å². The molecule has 2 atom stereocenters. The number of piperidine rings is 1. The zero-order valence-electron chi connectivity index (χ0n) is 24.7. The Morgan fingerprint density at radius 3 is 2.72 bits per heavy atom. The maximum atomic E-state index is 13.5. The number of ether oxygens (including phenoxy) is 2. The van der Waals surface area contributed by atoms with E-state index in [-0.39, 0.29) is 37.6 Å². The maximum absolute atomic E-state index is 13.5. The summed E-state index contributed by atoms with van der Waals surface area (Å²) in [6.45, 7) is 3.10. The number of amides is 3. The lowest BCUT2D eigenvalue weighted by Gasteiger charge is -2.30. The van der Waals surface area contributed by atoms with Crippen LogP contribution in [-0.4, -0.2) is 73.0 Å². The molecule has 3 N–H and O–H groups in total. The van der Waals surface area contributed by atoms with Gasteiger partial charge in [0.15, 0.2) is 11.5 Å². The molecule has 2 aliphatic rings. The monoisotopic (exact) mass is 589 g/mol. The summed E-state index contributed by atoms with van der Waals surface area (Å²) in [6.07, 6.45) is 3.46. The van der Waals surface area contributed by atoms with Crippen molar-refractivity contribution >= 4 is 17.7 Å². The minimum atomic E-state index is -0.849. The third-order valence-corrected chi connectivity index (χ3v) is 7.75. The van der Waals surface area contributed by atoms with E-state index in [1.807, 2.05) is 36.4 Å². The average Bonchev–Trinajstić information content (AvgIpc) is 3.41. The Morgan fingerprint density at radius 2 is 1.95 bits per heavy atom. The molecule has 2 aliphatic heterocycles. The van der Waals surface area contributed by atoms with Crippen LogP contribution in [0.2, 0.25) is 0 Å². The smallest absolute Gasteiger partial charge is 0.243 e. The molecule has 3 amide bonds. The molecule has 2 aromatic carbocycles. The molecule has 5 rings (SSSR count). The number of aromatic nitrogens is 1. The molecule has 11 heteroatoms. The van der Waals surface area contributed by atoms with Crippen LogP contribution in [0, 0.1) is 6.92 Å². The van der Waals surface area contributed by atoms with E-state index in [1.165, 1.54) is 0 Å². The number of fused-ring (bicyclic) bond motifs is 5. The van der Waals surface area contributed by atoms with Crippen LogP contribution in [0.4, 0.5) is 0 Å². The van der Waals surface area contributed by atoms with Crippen LogP contribution in [0.25, 0.3) is 11.5 Å². The van der Waals surface area contributed by atoms with E-state index in [0.29, 0.717) is 53.8 Å². The van der Waals surface area contributed by atoms with Crippen LogP contribution in [0.15, 0.2) is 52.9 Å². The summed E-state index contributed by atoms with van der Waals surface area (Å²) in [5, 5.41) is 9.09. The van der Waals surface area contributed by atoms with Crippen molar-refractivity contribution in [1.82, 2.24) is 25.8 Å². The molecule has 3 heterocycles. The summed E-state index contributed by atoms with van der Waals surface area (Å²) in [7, 11) is 1.57. The zero-order chi connectivity index (χ0) is 30.2. The van der Waals surface area contributed by atoms with Crippen molar-refractivity contribution in [2.75, 3.05) is 33.4 Å². The average molecular weight is 590 g/mol. The maximum Gasteiger partial charge on any atom is 0.243 e. The molecule has 228 valence electrons. The van der Waals surface area contributed by atoms with Crippen LogP contribution in [0.5, 0.6) is 11.5 Å². The lowest BCUT2D eigenvalue weighted by molar-refractivity contribution is -0.139. The van der Waals surface area contributed by atoms with Crippen LogP contribution < -0.4 is 25.4 Å². The predicted molar refractivity (Wildman–Crippen MR) is 159 cm³/mol. The number of hydrogen-bond acceptors (Lipinski definition) is 8. The Morgan fingerprint density at radius 1 is 1.12 bits per heavy atom. The summed E-state index contributed by atoms with van der Waals surface area (Å²) >= 11 is 0. The number of carbonyl (C=O) groups is 3. The van der Waals surface area contributed by atoms with Gasteiger partial charge >= 0.3 is 0 Å². The van der Waals surface area contributed by atoms with Crippen molar-refractivity contribution in [2.45, 2.75) is 57.7 Å². The van der Waals surface area contributed by atoms with Gasteiger partial charge in [0.2, 0.25) is 23.6 Å². The molecule has 1 saturated heterocycles. The van der Waals surface area contributed by atoms with Crippen molar-refractivity contribution in [3.8, 4) is 23.0 Å². The van der Waals surface area contributed by atoms with E-state index in [1.54, 1.807) is 31.1 Å². The van der Waals surface area contributed by atoms with E-state index in [4.69, 9.17) is 13.9 Å². The number of hydrogen-bond donors (Lipinski definition) is 3. The number of methoxy groups -OCH3 is 1. The van der Waals surface area contributed by atoms with Gasteiger partial charge < -0.3 is 34.7 Å². The molecule has 0 spiro atoms. The molecule has 11 nitrogen and oxygen atoms in total. The number of carbonyl (C=O) groups excluding carboxylic acids is 3. The number of aryl methyl sites for hydroxylation is 1. The highest BCUT2D eigenvalue weighted by Crippen LogP contribution is 2.33. The Kier molecular flexibility index (Phi) is 9.93. The van der Waals surface area contributed by atoms with Crippen molar-refractivity contribution < 1.29 is 28.3 Å². The third kappa shape index (κ3) is 7.72. The fourth-order valence-electron chi connectivity index (χ4n) is 5.39. The Hall–Kier alpha value is -4.38. The standard InChI is InChI=1S/C32H39N5O6/c1-21-26-19-34-30(39)25(17-22-9-4-3-5-10-22)35-29(38)20-37(32(40)24-11-6-7-14-33-24)15-8-16-42-28-18-23(31(36-26)43-21)12-13-27(28)41-2/h3-5,9-10,12-13,18,24-25,33H,6-8,11,14-17,19-20H2,1-2H3,(H,34,39)(H,35,38)/t24-,25+/m0/s1. The van der Waals surface area contributed by atoms with Gasteiger partial charge in [0, 0.05) is 18.5 Å². The first-order valence-electron chi connectivity index (χ1n) is 14.8. The first kappa shape index (κ1) is 30.1. The summed E-state index contributed by atoms with van der Waals surface area (Å²) < 4.78 is 17.5. The van der Waals surface area contributed by atoms with Crippen molar-refractivity contribution in [1.29, 1.82) is 0 Å². The Balaban J connectivity index is 1.43. The fourth-order valence-corrected chi connectivity index (χ4v) is 5.39. The van der Waals surface area contributed by atoms with Gasteiger partial charge in [0.05, 0.1) is 32.8 Å². The highest BCUT2D eigenvalue weighted by Gasteiger charge is 2.29. The molecule has 1 fully saturated rings. The molecule has 3 aromatic rings. The Bertz CT molecular complexity index is 1420. The molecule has 0 radical (unpaired) electrons. The quantitative estimate of drug-likeness (QED) is 0.423. The van der Waals surface area contributed by atoms with Gasteiger partial charge in [-0.2, -0.15) is 0 Å². The first-order chi connectivity index (χ1) is 20.9. The molecule has 4 bridgehead atoms. The van der Waals surface area contributed by atoms with Crippen molar-refractivity contribution in [2.24, 2.45) is 0 Å². The Labute approximate surface area is 251 Å². The topological polar surface area (TPSA) is 135 Å². The second-order valence-corrected chi connectivity index (χ2v) is 10.9. The van der Waals surface area contributed by atoms with Gasteiger partial charge in [-0.3, -0.25) is 14.4 Å². The number of nitrogens with one attached hydrogen (secondary N) is 3. The lowest BCUT2D eigenvalue weighted by atomic mass is 10.0. The minimum Gasteiger partial charge on any atom is -0.493 e. The van der Waals surface area contributed by atoms with Crippen molar-refractivity contribution in [3.63, 3.8) is 0 Å². The first-order valence-corrected chi connectivity index (χ1v) is 14.8. The van der Waals surface area contributed by atoms with E-state index in [2.05, 4.69) is 20.9 Å². The number of nitrogens with zero attached hydrogens (tertiary/aromatic N) is 2. The SMILES string of the molecule is COc1ccc2cc1OCCCN(C(=O)[C@@H]1CCCCN1)CC(=O)N[C@H](Cc1ccccc1)C(=O)NCc1nc-2oc1C. The summed E-state index contributed by atoms with van der Waals surface area (Å²) in [6, 6.07) is 13.7. The van der Waals surface area contributed by atoms with Gasteiger partial charge in [-0.1, -0.05) is 36.8 Å². The van der Waals surface area contributed by atoms with E-state index in [9.17, 15) is 14.4 Å². The van der Waals surface area contributed by atoms with Gasteiger partial charge in [0.25, 0.3) is 0 Å². The highest BCUT2D eigenvalue weighted by atomic mass is 16.5. The van der Waals surface area contributed by atoms with Crippen LogP contribution in [-0.2, 0) is 27.3 Å². The van der Waals surface area contributed by atoms with E-state index < -0.39 is 11.9 Å². The highest BCUT2D eigenvalue weighted by molar-refractivity contribution is 5.91. The third-order valence-electron chi connectivity index (χ3n) is 7.75. The summed E-state index contributed by atoms with van der Waals surface area (Å²) in [5.74, 6) is 1.15. The van der Waals surface area contributed by atoms with Gasteiger partial charge in [0.1, 0.15) is 17.5 Å². The molecule has 1 aromatic heterocycles. The lowest BCUT2D eigenvalue weighted by Crippen LogP contribution is -2.54. The molecular formula is C32H39N5O6. The summed E-state index contributed by atoms with van der Waals surface area (Å²) in [4.78, 5) is 46.6. The van der Waals surface area contributed by atoms with E-state index in [0.717, 1.165) is 31.4 Å². The number of benzene rings is 2. The largest absolute Gasteiger partial charge is 0.493 e. The molecule has 0 aliphatic carbocycles. The predicted octanol–water partition coefficient (Wildman–Crippen LogP) is 2.76. The minimum absolute atomic E-state index is 0.118. The summed E-state index contributed by atoms with van der Waals surface area (Å²) in [5.41, 5.74) is 2.17. The number of oxazole rings is 1.